The van der Waals surface area contributed by atoms with Crippen molar-refractivity contribution in [2.75, 3.05) is 5.32 Å². The normalized spacial score (nSPS) is 15.9. The Morgan fingerprint density at radius 3 is 2.67 bits per heavy atom. The lowest BCUT2D eigenvalue weighted by Gasteiger charge is -2.11. The van der Waals surface area contributed by atoms with E-state index in [4.69, 9.17) is 0 Å². The Kier molecular flexibility index (Phi) is 4.40. The number of carbonyl (C=O) groups excluding carboxylic acids is 1. The monoisotopic (exact) mass is 245 g/mol. The van der Waals surface area contributed by atoms with Crippen molar-refractivity contribution in [3.63, 3.8) is 0 Å². The highest BCUT2D eigenvalue weighted by atomic mass is 16.1. The van der Waals surface area contributed by atoms with Crippen molar-refractivity contribution in [2.24, 2.45) is 5.92 Å². The van der Waals surface area contributed by atoms with E-state index in [2.05, 4.69) is 18.3 Å². The summed E-state index contributed by atoms with van der Waals surface area (Å²) in [6.07, 6.45) is 7.05. The molecular formula is C16H23NO. The largest absolute Gasteiger partial charge is 0.326 e. The number of carbonyl (C=O) groups is 1. The van der Waals surface area contributed by atoms with E-state index >= 15 is 0 Å². The SMILES string of the molecule is Cc1ccc(NC(=O)CCC2CCCC2)c(C)c1. The molecule has 1 saturated carbocycles. The van der Waals surface area contributed by atoms with Crippen molar-refractivity contribution < 1.29 is 4.79 Å². The fourth-order valence-corrected chi connectivity index (χ4v) is 2.80. The summed E-state index contributed by atoms with van der Waals surface area (Å²) < 4.78 is 0. The minimum absolute atomic E-state index is 0.161. The van der Waals surface area contributed by atoms with Crippen molar-refractivity contribution in [3.8, 4) is 0 Å². The molecule has 0 saturated heterocycles. The second kappa shape index (κ2) is 6.03. The fourth-order valence-electron chi connectivity index (χ4n) is 2.80. The van der Waals surface area contributed by atoms with Crippen LogP contribution in [0, 0.1) is 19.8 Å². The summed E-state index contributed by atoms with van der Waals surface area (Å²) >= 11 is 0. The van der Waals surface area contributed by atoms with Crippen LogP contribution < -0.4 is 5.32 Å². The first-order chi connectivity index (χ1) is 8.65. The zero-order chi connectivity index (χ0) is 13.0. The molecule has 0 atom stereocenters. The van der Waals surface area contributed by atoms with Gasteiger partial charge in [-0.1, -0.05) is 43.4 Å². The lowest BCUT2D eigenvalue weighted by molar-refractivity contribution is -0.116. The maximum absolute atomic E-state index is 11.9. The zero-order valence-corrected chi connectivity index (χ0v) is 11.5. The number of hydrogen-bond acceptors (Lipinski definition) is 1. The fraction of sp³-hybridized carbons (Fsp3) is 0.562. The van der Waals surface area contributed by atoms with Gasteiger partial charge in [0.25, 0.3) is 0 Å². The van der Waals surface area contributed by atoms with E-state index < -0.39 is 0 Å². The lowest BCUT2D eigenvalue weighted by Crippen LogP contribution is -2.13. The highest BCUT2D eigenvalue weighted by Crippen LogP contribution is 2.28. The Morgan fingerprint density at radius 2 is 2.00 bits per heavy atom. The number of anilines is 1. The molecule has 1 N–H and O–H groups in total. The van der Waals surface area contributed by atoms with Gasteiger partial charge in [-0.3, -0.25) is 4.79 Å². The van der Waals surface area contributed by atoms with E-state index in [1.807, 2.05) is 19.1 Å². The third-order valence-corrected chi connectivity index (χ3v) is 3.91. The molecule has 1 fully saturated rings. The van der Waals surface area contributed by atoms with Crippen LogP contribution in [-0.4, -0.2) is 5.91 Å². The molecular weight excluding hydrogens is 222 g/mol. The summed E-state index contributed by atoms with van der Waals surface area (Å²) in [4.78, 5) is 11.9. The maximum Gasteiger partial charge on any atom is 0.224 e. The van der Waals surface area contributed by atoms with Gasteiger partial charge in [-0.2, -0.15) is 0 Å². The Morgan fingerprint density at radius 1 is 1.28 bits per heavy atom. The Labute approximate surface area is 110 Å². The molecule has 0 aliphatic heterocycles. The quantitative estimate of drug-likeness (QED) is 0.845. The highest BCUT2D eigenvalue weighted by molar-refractivity contribution is 5.91. The topological polar surface area (TPSA) is 29.1 Å². The van der Waals surface area contributed by atoms with Gasteiger partial charge in [-0.15, -0.1) is 0 Å². The van der Waals surface area contributed by atoms with Crippen LogP contribution in [0.3, 0.4) is 0 Å². The molecule has 0 heterocycles. The van der Waals surface area contributed by atoms with Crippen LogP contribution in [0.1, 0.15) is 49.7 Å². The minimum atomic E-state index is 0.161. The Bertz CT molecular complexity index is 419. The second-order valence-electron chi connectivity index (χ2n) is 5.56. The van der Waals surface area contributed by atoms with E-state index in [0.29, 0.717) is 6.42 Å². The lowest BCUT2D eigenvalue weighted by atomic mass is 10.0. The molecule has 98 valence electrons. The third-order valence-electron chi connectivity index (χ3n) is 3.91. The van der Waals surface area contributed by atoms with Gasteiger partial charge in [-0.25, -0.2) is 0 Å². The van der Waals surface area contributed by atoms with Gasteiger partial charge in [0, 0.05) is 12.1 Å². The standard InChI is InChI=1S/C16H23NO/c1-12-7-9-15(13(2)11-12)17-16(18)10-8-14-5-3-4-6-14/h7,9,11,14H,3-6,8,10H2,1-2H3,(H,17,18). The van der Waals surface area contributed by atoms with Gasteiger partial charge in [0.15, 0.2) is 0 Å². The predicted octanol–water partition coefficient (Wildman–Crippen LogP) is 4.21. The molecule has 2 heteroatoms. The van der Waals surface area contributed by atoms with E-state index in [1.54, 1.807) is 0 Å². The molecule has 1 aliphatic carbocycles. The van der Waals surface area contributed by atoms with Crippen LogP contribution in [0.2, 0.25) is 0 Å². The van der Waals surface area contributed by atoms with Crippen molar-refractivity contribution in [1.82, 2.24) is 0 Å². The first-order valence-corrected chi connectivity index (χ1v) is 7.02. The number of rotatable bonds is 4. The molecule has 2 nitrogen and oxygen atoms in total. The molecule has 0 spiro atoms. The number of nitrogens with one attached hydrogen (secondary N) is 1. The molecule has 0 bridgehead atoms. The van der Waals surface area contributed by atoms with Gasteiger partial charge in [0.2, 0.25) is 5.91 Å². The Hall–Kier alpha value is -1.31. The van der Waals surface area contributed by atoms with Gasteiger partial charge in [0.05, 0.1) is 0 Å². The summed E-state index contributed by atoms with van der Waals surface area (Å²) in [6.45, 7) is 4.11. The van der Waals surface area contributed by atoms with Crippen molar-refractivity contribution >= 4 is 11.6 Å². The van der Waals surface area contributed by atoms with Crippen LogP contribution in [0.15, 0.2) is 18.2 Å². The highest BCUT2D eigenvalue weighted by Gasteiger charge is 2.16. The summed E-state index contributed by atoms with van der Waals surface area (Å²) in [5, 5.41) is 3.02. The molecule has 2 rings (SSSR count). The van der Waals surface area contributed by atoms with Crippen LogP contribution in [0.5, 0.6) is 0 Å². The van der Waals surface area contributed by atoms with Crippen LogP contribution >= 0.6 is 0 Å². The van der Waals surface area contributed by atoms with Gasteiger partial charge >= 0.3 is 0 Å². The van der Waals surface area contributed by atoms with E-state index in [9.17, 15) is 4.79 Å². The van der Waals surface area contributed by atoms with Crippen LogP contribution in [0.25, 0.3) is 0 Å². The molecule has 1 amide bonds. The molecule has 1 aromatic carbocycles. The molecule has 0 aromatic heterocycles. The second-order valence-corrected chi connectivity index (χ2v) is 5.56. The van der Waals surface area contributed by atoms with E-state index in [0.717, 1.165) is 23.6 Å². The van der Waals surface area contributed by atoms with Crippen molar-refractivity contribution in [3.05, 3.63) is 29.3 Å². The van der Waals surface area contributed by atoms with E-state index in [-0.39, 0.29) is 5.91 Å². The molecule has 0 unspecified atom stereocenters. The average Bonchev–Trinajstić information content (AvgIpc) is 2.83. The summed E-state index contributed by atoms with van der Waals surface area (Å²) in [5.41, 5.74) is 3.33. The molecule has 18 heavy (non-hydrogen) atoms. The van der Waals surface area contributed by atoms with Gasteiger partial charge in [-0.05, 0) is 37.8 Å². The van der Waals surface area contributed by atoms with Gasteiger partial charge in [0.1, 0.15) is 0 Å². The summed E-state index contributed by atoms with van der Waals surface area (Å²) in [7, 11) is 0. The van der Waals surface area contributed by atoms with Crippen molar-refractivity contribution in [2.45, 2.75) is 52.4 Å². The Balaban J connectivity index is 1.82. The maximum atomic E-state index is 11.9. The summed E-state index contributed by atoms with van der Waals surface area (Å²) in [5.74, 6) is 0.948. The first-order valence-electron chi connectivity index (χ1n) is 7.02. The minimum Gasteiger partial charge on any atom is -0.326 e. The average molecular weight is 245 g/mol. The van der Waals surface area contributed by atoms with Crippen LogP contribution in [0.4, 0.5) is 5.69 Å². The summed E-state index contributed by atoms with van der Waals surface area (Å²) in [6, 6.07) is 6.14. The predicted molar refractivity (Wildman–Crippen MR) is 75.7 cm³/mol. The first kappa shape index (κ1) is 13.1. The molecule has 1 aliphatic rings. The zero-order valence-electron chi connectivity index (χ0n) is 11.5. The van der Waals surface area contributed by atoms with Crippen molar-refractivity contribution in [1.29, 1.82) is 0 Å². The number of benzene rings is 1. The van der Waals surface area contributed by atoms with Crippen LogP contribution in [-0.2, 0) is 4.79 Å². The molecule has 0 radical (unpaired) electrons. The molecule has 1 aromatic rings. The number of aryl methyl sites for hydroxylation is 2. The smallest absolute Gasteiger partial charge is 0.224 e. The van der Waals surface area contributed by atoms with E-state index in [1.165, 1.54) is 31.2 Å². The number of amides is 1. The number of hydrogen-bond donors (Lipinski definition) is 1. The van der Waals surface area contributed by atoms with Gasteiger partial charge < -0.3 is 5.32 Å². The third kappa shape index (κ3) is 3.59.